The molecule has 0 bridgehead atoms. The number of methoxy groups -OCH3 is 1. The molecule has 0 fully saturated rings. The van der Waals surface area contributed by atoms with E-state index in [-0.39, 0.29) is 5.11 Å². The largest absolute Gasteiger partial charge is 0.465 e. The second kappa shape index (κ2) is 9.32. The van der Waals surface area contributed by atoms with Crippen molar-refractivity contribution in [3.05, 3.63) is 69.0 Å². The quantitative estimate of drug-likeness (QED) is 0.415. The summed E-state index contributed by atoms with van der Waals surface area (Å²) >= 11 is 18.6. The van der Waals surface area contributed by atoms with Crippen LogP contribution in [0.1, 0.15) is 20.7 Å². The van der Waals surface area contributed by atoms with Crippen molar-refractivity contribution >= 4 is 68.9 Å². The number of halogens is 2. The topological polar surface area (TPSA) is 80.3 Å². The van der Waals surface area contributed by atoms with Gasteiger partial charge < -0.3 is 10.1 Å². The van der Waals surface area contributed by atoms with E-state index in [4.69, 9.17) is 35.4 Å². The highest BCUT2D eigenvalue weighted by atomic mass is 35.5. The van der Waals surface area contributed by atoms with Gasteiger partial charge in [0.1, 0.15) is 0 Å². The van der Waals surface area contributed by atoms with Crippen molar-refractivity contribution in [3.8, 4) is 11.3 Å². The minimum atomic E-state index is -0.477. The number of thiazole rings is 1. The van der Waals surface area contributed by atoms with Crippen LogP contribution in [0.2, 0.25) is 10.0 Å². The van der Waals surface area contributed by atoms with Crippen molar-refractivity contribution in [1.82, 2.24) is 10.3 Å². The first-order valence-electron chi connectivity index (χ1n) is 8.09. The highest BCUT2D eigenvalue weighted by molar-refractivity contribution is 7.80. The summed E-state index contributed by atoms with van der Waals surface area (Å²) < 4.78 is 4.62. The van der Waals surface area contributed by atoms with Crippen molar-refractivity contribution in [2.45, 2.75) is 0 Å². The number of rotatable bonds is 4. The second-order valence-corrected chi connectivity index (χ2v) is 7.75. The van der Waals surface area contributed by atoms with Gasteiger partial charge >= 0.3 is 5.97 Å². The molecule has 0 aliphatic carbocycles. The number of anilines is 1. The third-order valence-corrected chi connectivity index (χ3v) is 5.24. The van der Waals surface area contributed by atoms with Gasteiger partial charge in [-0.25, -0.2) is 9.78 Å². The first kappa shape index (κ1) is 21.2. The van der Waals surface area contributed by atoms with Crippen LogP contribution >= 0.6 is 46.8 Å². The van der Waals surface area contributed by atoms with Gasteiger partial charge in [0.25, 0.3) is 5.91 Å². The van der Waals surface area contributed by atoms with Crippen molar-refractivity contribution < 1.29 is 14.3 Å². The number of esters is 1. The van der Waals surface area contributed by atoms with E-state index >= 15 is 0 Å². The molecular formula is C19H13Cl2N3O3S2. The van der Waals surface area contributed by atoms with Gasteiger partial charge in [-0.05, 0) is 54.7 Å². The number of thiocarbonyl (C=S) groups is 1. The Hall–Kier alpha value is -2.52. The average molecular weight is 466 g/mol. The number of nitrogens with one attached hydrogen (secondary N) is 2. The lowest BCUT2D eigenvalue weighted by Crippen LogP contribution is -2.34. The number of hydrogen-bond acceptors (Lipinski definition) is 6. The molecule has 0 aliphatic rings. The average Bonchev–Trinajstić information content (AvgIpc) is 3.15. The predicted molar refractivity (Wildman–Crippen MR) is 119 cm³/mol. The molecule has 29 heavy (non-hydrogen) atoms. The normalized spacial score (nSPS) is 10.3. The third-order valence-electron chi connectivity index (χ3n) is 3.73. The maximum atomic E-state index is 12.3. The molecule has 3 aromatic rings. The molecule has 0 unspecified atom stereocenters. The lowest BCUT2D eigenvalue weighted by atomic mass is 10.1. The summed E-state index contributed by atoms with van der Waals surface area (Å²) in [6, 6.07) is 11.2. The van der Waals surface area contributed by atoms with Crippen molar-refractivity contribution in [3.63, 3.8) is 0 Å². The predicted octanol–water partition coefficient (Wildman–Crippen LogP) is 5.03. The zero-order valence-electron chi connectivity index (χ0n) is 14.9. The molecule has 3 rings (SSSR count). The lowest BCUT2D eigenvalue weighted by molar-refractivity contribution is 0.0600. The number of ether oxygens (including phenoxy) is 1. The molecule has 2 N–H and O–H groups in total. The minimum Gasteiger partial charge on any atom is -0.465 e. The first-order chi connectivity index (χ1) is 13.9. The molecule has 0 spiro atoms. The summed E-state index contributed by atoms with van der Waals surface area (Å²) in [4.78, 5) is 28.2. The Morgan fingerprint density at radius 1 is 1.10 bits per heavy atom. The van der Waals surface area contributed by atoms with Crippen molar-refractivity contribution in [2.24, 2.45) is 0 Å². The Bertz CT molecular complexity index is 1080. The Morgan fingerprint density at radius 3 is 2.45 bits per heavy atom. The van der Waals surface area contributed by atoms with Gasteiger partial charge in [-0.2, -0.15) is 0 Å². The van der Waals surface area contributed by atoms with Gasteiger partial charge in [-0.3, -0.25) is 10.1 Å². The molecule has 0 aliphatic heterocycles. The highest BCUT2D eigenvalue weighted by Gasteiger charge is 2.13. The van der Waals surface area contributed by atoms with Gasteiger partial charge in [-0.1, -0.05) is 23.2 Å². The summed E-state index contributed by atoms with van der Waals surface area (Å²) in [5.41, 5.74) is 2.09. The Balaban J connectivity index is 1.63. The van der Waals surface area contributed by atoms with Gasteiger partial charge in [0.05, 0.1) is 23.4 Å². The van der Waals surface area contributed by atoms with E-state index in [1.54, 1.807) is 18.2 Å². The molecule has 0 radical (unpaired) electrons. The lowest BCUT2D eigenvalue weighted by Gasteiger charge is -2.07. The van der Waals surface area contributed by atoms with Crippen LogP contribution < -0.4 is 10.6 Å². The minimum absolute atomic E-state index is 0.0927. The standard InChI is InChI=1S/C19H13Cl2N3O3S2/c1-27-17(26)11-4-2-10(3-5-11)16(25)23-18(28)24-19-22-15(9-29-19)13-7-6-12(20)8-14(13)21/h2-9H,1H3,(H2,22,23,24,25,28). The van der Waals surface area contributed by atoms with Gasteiger partial charge in [0.2, 0.25) is 0 Å². The number of carbonyl (C=O) groups is 2. The smallest absolute Gasteiger partial charge is 0.337 e. The van der Waals surface area contributed by atoms with Gasteiger partial charge in [-0.15, -0.1) is 11.3 Å². The fraction of sp³-hybridized carbons (Fsp3) is 0.0526. The summed E-state index contributed by atoms with van der Waals surface area (Å²) in [5.74, 6) is -0.897. The van der Waals surface area contributed by atoms with Crippen LogP contribution in [0, 0.1) is 0 Å². The van der Waals surface area contributed by atoms with Crippen LogP contribution in [0.3, 0.4) is 0 Å². The number of carbonyl (C=O) groups excluding carboxylic acids is 2. The fourth-order valence-corrected chi connectivity index (χ4v) is 3.81. The van der Waals surface area contributed by atoms with Gasteiger partial charge in [0.15, 0.2) is 10.2 Å². The van der Waals surface area contributed by atoms with Crippen LogP contribution in [0.4, 0.5) is 5.13 Å². The molecule has 2 aromatic carbocycles. The summed E-state index contributed by atoms with van der Waals surface area (Å²) in [7, 11) is 1.29. The van der Waals surface area contributed by atoms with Crippen LogP contribution in [-0.2, 0) is 4.74 Å². The molecule has 1 heterocycles. The maximum Gasteiger partial charge on any atom is 0.337 e. The number of aromatic nitrogens is 1. The monoisotopic (exact) mass is 465 g/mol. The summed E-state index contributed by atoms with van der Waals surface area (Å²) in [5, 5.41) is 8.86. The zero-order chi connectivity index (χ0) is 21.0. The number of benzene rings is 2. The Morgan fingerprint density at radius 2 is 1.79 bits per heavy atom. The van der Waals surface area contributed by atoms with Crippen LogP contribution in [0.5, 0.6) is 0 Å². The van der Waals surface area contributed by atoms with Crippen molar-refractivity contribution in [2.75, 3.05) is 12.4 Å². The summed E-state index contributed by atoms with van der Waals surface area (Å²) in [6.45, 7) is 0. The highest BCUT2D eigenvalue weighted by Crippen LogP contribution is 2.32. The van der Waals surface area contributed by atoms with E-state index in [9.17, 15) is 9.59 Å². The van der Waals surface area contributed by atoms with E-state index in [1.165, 1.54) is 42.7 Å². The molecule has 0 atom stereocenters. The van der Waals surface area contributed by atoms with E-state index in [2.05, 4.69) is 20.4 Å². The Labute approximate surface area is 185 Å². The number of nitrogens with zero attached hydrogens (tertiary/aromatic N) is 1. The number of amides is 1. The fourth-order valence-electron chi connectivity index (χ4n) is 2.33. The van der Waals surface area contributed by atoms with Gasteiger partial charge in [0, 0.05) is 21.5 Å². The molecule has 0 saturated carbocycles. The molecule has 1 amide bonds. The molecule has 148 valence electrons. The first-order valence-corrected chi connectivity index (χ1v) is 10.1. The number of hydrogen-bond donors (Lipinski definition) is 2. The van der Waals surface area contributed by atoms with Crippen LogP contribution in [0.15, 0.2) is 47.8 Å². The Kier molecular flexibility index (Phi) is 6.81. The maximum absolute atomic E-state index is 12.3. The van der Waals surface area contributed by atoms with E-state index in [0.717, 1.165) is 5.56 Å². The van der Waals surface area contributed by atoms with E-state index in [0.29, 0.717) is 32.0 Å². The summed E-state index contributed by atoms with van der Waals surface area (Å²) in [6.07, 6.45) is 0. The molecule has 1 aromatic heterocycles. The molecular weight excluding hydrogens is 453 g/mol. The molecule has 0 saturated heterocycles. The second-order valence-electron chi connectivity index (χ2n) is 5.64. The molecule has 10 heteroatoms. The SMILES string of the molecule is COC(=O)c1ccc(C(=O)NC(=S)Nc2nc(-c3ccc(Cl)cc3Cl)cs2)cc1. The zero-order valence-corrected chi connectivity index (χ0v) is 18.0. The van der Waals surface area contributed by atoms with Crippen LogP contribution in [0.25, 0.3) is 11.3 Å². The van der Waals surface area contributed by atoms with Crippen molar-refractivity contribution in [1.29, 1.82) is 0 Å². The molecule has 6 nitrogen and oxygen atoms in total. The van der Waals surface area contributed by atoms with Crippen LogP contribution in [-0.4, -0.2) is 29.1 Å². The third kappa shape index (κ3) is 5.30. The van der Waals surface area contributed by atoms with E-state index in [1.807, 2.05) is 5.38 Å². The van der Waals surface area contributed by atoms with E-state index < -0.39 is 11.9 Å².